The van der Waals surface area contributed by atoms with E-state index in [1.807, 2.05) is 22.6 Å². The molecule has 0 spiro atoms. The van der Waals surface area contributed by atoms with Crippen LogP contribution in [0.25, 0.3) is 0 Å². The van der Waals surface area contributed by atoms with Crippen molar-refractivity contribution in [2.45, 2.75) is 24.7 Å². The van der Waals surface area contributed by atoms with Gasteiger partial charge in [-0.15, -0.1) is 0 Å². The number of aliphatic hydroxyl groups is 2. The Labute approximate surface area is 112 Å². The van der Waals surface area contributed by atoms with Crippen LogP contribution >= 0.6 is 45.5 Å². The van der Waals surface area contributed by atoms with Gasteiger partial charge in [-0.25, -0.2) is 0 Å². The SMILES string of the molecule is OC(I)[I-]C1CC(F)(F)C(O)N1I. The Bertz CT molecular complexity index is 195. The molecule has 3 nitrogen and oxygen atoms in total. The Kier molecular flexibility index (Phi) is 4.84. The molecule has 0 saturated carbocycles. The molecule has 1 aliphatic heterocycles. The van der Waals surface area contributed by atoms with E-state index >= 15 is 0 Å². The average molecular weight is 532 g/mol. The van der Waals surface area contributed by atoms with Crippen LogP contribution < -0.4 is 21.2 Å². The summed E-state index contributed by atoms with van der Waals surface area (Å²) in [6.07, 6.45) is -2.04. The predicted octanol–water partition coefficient (Wildman–Crippen LogP) is -1.88. The van der Waals surface area contributed by atoms with Crippen LogP contribution in [0.3, 0.4) is 0 Å². The molecule has 1 saturated heterocycles. The molecule has 0 bridgehead atoms. The van der Waals surface area contributed by atoms with Crippen molar-refractivity contribution >= 4 is 45.5 Å². The summed E-state index contributed by atoms with van der Waals surface area (Å²) in [4.78, 5) is 0. The summed E-state index contributed by atoms with van der Waals surface area (Å²) in [5, 5.41) is 18.2. The van der Waals surface area contributed by atoms with E-state index in [2.05, 4.69) is 0 Å². The number of halogens is 5. The van der Waals surface area contributed by atoms with Crippen LogP contribution in [0.1, 0.15) is 6.42 Å². The fourth-order valence-corrected chi connectivity index (χ4v) is 6.63. The number of alkyl halides is 5. The van der Waals surface area contributed by atoms with Crippen LogP contribution in [0.15, 0.2) is 0 Å². The van der Waals surface area contributed by atoms with Gasteiger partial charge in [0.05, 0.1) is 0 Å². The van der Waals surface area contributed by atoms with Crippen molar-refractivity contribution in [2.24, 2.45) is 0 Å². The third-order valence-electron chi connectivity index (χ3n) is 1.57. The summed E-state index contributed by atoms with van der Waals surface area (Å²) in [6.45, 7) is 0. The number of hydrogen-bond donors (Lipinski definition) is 2. The Balaban J connectivity index is 2.61. The van der Waals surface area contributed by atoms with Crippen molar-refractivity contribution in [2.75, 3.05) is 0 Å². The molecule has 1 aliphatic rings. The fraction of sp³-hybridized carbons (Fsp3) is 1.00. The Morgan fingerprint density at radius 3 is 2.46 bits per heavy atom. The summed E-state index contributed by atoms with van der Waals surface area (Å²) in [5.41, 5.74) is 0. The van der Waals surface area contributed by atoms with Crippen LogP contribution in [0, 0.1) is 0 Å². The summed E-state index contributed by atoms with van der Waals surface area (Å²) in [5.74, 6) is -3.03. The summed E-state index contributed by atoms with van der Waals surface area (Å²) < 4.78 is 26.2. The topological polar surface area (TPSA) is 43.7 Å². The first-order valence-corrected chi connectivity index (χ1v) is 7.99. The van der Waals surface area contributed by atoms with E-state index in [9.17, 15) is 8.78 Å². The van der Waals surface area contributed by atoms with Crippen LogP contribution in [0.5, 0.6) is 0 Å². The molecule has 1 rings (SSSR count). The van der Waals surface area contributed by atoms with E-state index in [-0.39, 0.29) is 10.5 Å². The van der Waals surface area contributed by atoms with Gasteiger partial charge in [0.2, 0.25) is 0 Å². The average Bonchev–Trinajstić information content (AvgIpc) is 2.13. The molecule has 8 heteroatoms. The molecule has 0 radical (unpaired) electrons. The molecular formula is C5H7F2I3NO2-. The van der Waals surface area contributed by atoms with Crippen LogP contribution in [-0.4, -0.2) is 31.6 Å². The van der Waals surface area contributed by atoms with Gasteiger partial charge in [0, 0.05) is 0 Å². The van der Waals surface area contributed by atoms with E-state index in [1.54, 1.807) is 22.9 Å². The van der Waals surface area contributed by atoms with Crippen molar-refractivity contribution in [3.05, 3.63) is 0 Å². The zero-order valence-corrected chi connectivity index (χ0v) is 12.6. The first kappa shape index (κ1) is 13.0. The molecule has 2 N–H and O–H groups in total. The van der Waals surface area contributed by atoms with E-state index in [0.29, 0.717) is 0 Å². The summed E-state index contributed by atoms with van der Waals surface area (Å²) in [6, 6.07) is 0. The molecule has 13 heavy (non-hydrogen) atoms. The van der Waals surface area contributed by atoms with E-state index in [1.165, 1.54) is 3.11 Å². The first-order valence-electron chi connectivity index (χ1n) is 3.28. The second-order valence-corrected chi connectivity index (χ2v) is 10.5. The van der Waals surface area contributed by atoms with E-state index in [0.717, 1.165) is 0 Å². The molecule has 1 fully saturated rings. The maximum absolute atomic E-state index is 12.9. The van der Waals surface area contributed by atoms with Crippen molar-refractivity contribution in [3.8, 4) is 0 Å². The molecular weight excluding hydrogens is 525 g/mol. The van der Waals surface area contributed by atoms with Crippen molar-refractivity contribution in [3.63, 3.8) is 0 Å². The standard InChI is InChI=1S/C5H7F2I3NO2/c6-5(7)1-2(10-4(8)13)11(9)3(5)12/h2-4,12-13H,1H2/q-1. The predicted molar refractivity (Wildman–Crippen MR) is 55.2 cm³/mol. The normalized spacial score (nSPS) is 36.8. The van der Waals surface area contributed by atoms with Gasteiger partial charge >= 0.3 is 114 Å². The van der Waals surface area contributed by atoms with Crippen molar-refractivity contribution in [1.29, 1.82) is 0 Å². The van der Waals surface area contributed by atoms with Gasteiger partial charge < -0.3 is 0 Å². The number of rotatable bonds is 2. The van der Waals surface area contributed by atoms with Gasteiger partial charge in [-0.1, -0.05) is 0 Å². The van der Waals surface area contributed by atoms with Gasteiger partial charge in [-0.2, -0.15) is 0 Å². The Morgan fingerprint density at radius 2 is 2.15 bits per heavy atom. The maximum atomic E-state index is 12.9. The van der Waals surface area contributed by atoms with Gasteiger partial charge in [0.25, 0.3) is 0 Å². The number of aliphatic hydroxyl groups excluding tert-OH is 2. The molecule has 0 aliphatic carbocycles. The van der Waals surface area contributed by atoms with E-state index < -0.39 is 35.5 Å². The van der Waals surface area contributed by atoms with E-state index in [4.69, 9.17) is 10.2 Å². The van der Waals surface area contributed by atoms with Crippen molar-refractivity contribution in [1.82, 2.24) is 3.11 Å². The van der Waals surface area contributed by atoms with Gasteiger partial charge in [-0.05, 0) is 0 Å². The van der Waals surface area contributed by atoms with Crippen LogP contribution in [0.2, 0.25) is 0 Å². The third kappa shape index (κ3) is 3.19. The van der Waals surface area contributed by atoms with Crippen LogP contribution in [0.4, 0.5) is 8.78 Å². The van der Waals surface area contributed by atoms with Gasteiger partial charge in [0.15, 0.2) is 0 Å². The zero-order valence-electron chi connectivity index (χ0n) is 6.17. The first-order chi connectivity index (χ1) is 5.84. The zero-order chi connectivity index (χ0) is 10.2. The Morgan fingerprint density at radius 1 is 1.62 bits per heavy atom. The molecule has 0 amide bonds. The molecule has 3 unspecified atom stereocenters. The summed E-state index contributed by atoms with van der Waals surface area (Å²) >= 11 is 2.76. The van der Waals surface area contributed by atoms with Crippen molar-refractivity contribution < 1.29 is 40.2 Å². The molecule has 0 aromatic heterocycles. The Hall–Kier alpha value is 1.93. The second kappa shape index (κ2) is 4.84. The number of nitrogens with zero attached hydrogens (tertiary/aromatic N) is 1. The molecule has 0 aromatic carbocycles. The fourth-order valence-electron chi connectivity index (χ4n) is 0.969. The molecule has 1 heterocycles. The molecule has 0 aromatic rings. The van der Waals surface area contributed by atoms with Crippen LogP contribution in [-0.2, 0) is 0 Å². The third-order valence-corrected chi connectivity index (χ3v) is 8.12. The second-order valence-electron chi connectivity index (χ2n) is 2.52. The molecule has 80 valence electrons. The quantitative estimate of drug-likeness (QED) is 0.190. The molecule has 3 atom stereocenters. The van der Waals surface area contributed by atoms with Gasteiger partial charge in [-0.3, -0.25) is 0 Å². The minimum absolute atomic E-state index is 0.343. The minimum atomic E-state index is -3.03. The van der Waals surface area contributed by atoms with Gasteiger partial charge in [0.1, 0.15) is 0 Å². The monoisotopic (exact) mass is 532 g/mol. The number of hydrogen-bond acceptors (Lipinski definition) is 3. The summed E-state index contributed by atoms with van der Waals surface area (Å²) in [7, 11) is 0.